The van der Waals surface area contributed by atoms with E-state index in [0.29, 0.717) is 6.07 Å². The first-order chi connectivity index (χ1) is 9.41. The minimum Gasteiger partial charge on any atom is -0.321 e. The number of H-pyrrole nitrogens is 1. The molecule has 2 rings (SSSR count). The van der Waals surface area contributed by atoms with Crippen LogP contribution in [0.5, 0.6) is 0 Å². The summed E-state index contributed by atoms with van der Waals surface area (Å²) in [6.45, 7) is 0. The summed E-state index contributed by atoms with van der Waals surface area (Å²) in [6.07, 6.45) is -2.23. The van der Waals surface area contributed by atoms with Gasteiger partial charge in [0.25, 0.3) is 5.91 Å². The van der Waals surface area contributed by atoms with E-state index in [9.17, 15) is 18.0 Å². The third-order valence-corrected chi connectivity index (χ3v) is 2.46. The van der Waals surface area contributed by atoms with Gasteiger partial charge in [-0.3, -0.25) is 9.89 Å². The van der Waals surface area contributed by atoms with Gasteiger partial charge in [0.15, 0.2) is 0 Å². The zero-order valence-electron chi connectivity index (χ0n) is 9.82. The molecule has 0 aliphatic carbocycles. The first-order valence-corrected chi connectivity index (χ1v) is 5.33. The number of anilines is 1. The lowest BCUT2D eigenvalue weighted by Crippen LogP contribution is -2.16. The normalized spacial score (nSPS) is 10.9. The van der Waals surface area contributed by atoms with Crippen LogP contribution in [0.2, 0.25) is 0 Å². The van der Waals surface area contributed by atoms with Crippen LogP contribution in [-0.4, -0.2) is 16.1 Å². The molecule has 1 aromatic heterocycles. The Balaban J connectivity index is 2.37. The smallest absolute Gasteiger partial charge is 0.321 e. The molecule has 0 bridgehead atoms. The van der Waals surface area contributed by atoms with Gasteiger partial charge in [-0.1, -0.05) is 0 Å². The molecule has 0 radical (unpaired) electrons. The molecule has 102 valence electrons. The van der Waals surface area contributed by atoms with Crippen molar-refractivity contribution in [3.05, 3.63) is 47.3 Å². The Hall–Kier alpha value is -2.82. The van der Waals surface area contributed by atoms with Gasteiger partial charge in [0.2, 0.25) is 0 Å². The second-order valence-corrected chi connectivity index (χ2v) is 3.81. The molecule has 5 nitrogen and oxygen atoms in total. The first kappa shape index (κ1) is 13.6. The maximum absolute atomic E-state index is 12.9. The van der Waals surface area contributed by atoms with Gasteiger partial charge in [-0.05, 0) is 18.2 Å². The van der Waals surface area contributed by atoms with Gasteiger partial charge in [0.05, 0.1) is 34.6 Å². The minimum absolute atomic E-state index is 0.0995. The number of nitriles is 1. The molecule has 20 heavy (non-hydrogen) atoms. The molecule has 0 aliphatic heterocycles. The van der Waals surface area contributed by atoms with Crippen LogP contribution in [0.1, 0.15) is 21.5 Å². The van der Waals surface area contributed by atoms with Gasteiger partial charge >= 0.3 is 6.18 Å². The van der Waals surface area contributed by atoms with Crippen molar-refractivity contribution in [3.63, 3.8) is 0 Å². The molecule has 1 amide bonds. The molecule has 0 spiro atoms. The van der Waals surface area contributed by atoms with Crippen molar-refractivity contribution >= 4 is 11.6 Å². The number of aromatic amines is 1. The molecule has 1 aromatic carbocycles. The van der Waals surface area contributed by atoms with Gasteiger partial charge < -0.3 is 5.32 Å². The fourth-order valence-corrected chi connectivity index (χ4v) is 1.53. The zero-order valence-corrected chi connectivity index (χ0v) is 9.82. The molecule has 8 heteroatoms. The zero-order chi connectivity index (χ0) is 14.8. The van der Waals surface area contributed by atoms with E-state index in [1.165, 1.54) is 18.5 Å². The lowest BCUT2D eigenvalue weighted by atomic mass is 10.1. The van der Waals surface area contributed by atoms with E-state index in [4.69, 9.17) is 5.26 Å². The number of halogens is 3. The van der Waals surface area contributed by atoms with E-state index in [1.807, 2.05) is 0 Å². The van der Waals surface area contributed by atoms with E-state index in [2.05, 4.69) is 15.5 Å². The van der Waals surface area contributed by atoms with Crippen LogP contribution in [0.4, 0.5) is 18.9 Å². The highest BCUT2D eigenvalue weighted by atomic mass is 19.4. The predicted octanol–water partition coefficient (Wildman–Crippen LogP) is 2.55. The molecule has 0 unspecified atom stereocenters. The van der Waals surface area contributed by atoms with E-state index in [1.54, 1.807) is 6.07 Å². The molecule has 1 heterocycles. The van der Waals surface area contributed by atoms with E-state index < -0.39 is 23.3 Å². The molecule has 0 atom stereocenters. The molecule has 2 aromatic rings. The molecule has 0 fully saturated rings. The number of carbonyl (C=O) groups is 1. The Morgan fingerprint density at radius 1 is 1.40 bits per heavy atom. The van der Waals surface area contributed by atoms with Crippen LogP contribution in [-0.2, 0) is 6.18 Å². The van der Waals surface area contributed by atoms with Crippen LogP contribution in [0.3, 0.4) is 0 Å². The van der Waals surface area contributed by atoms with E-state index in [0.717, 1.165) is 6.07 Å². The van der Waals surface area contributed by atoms with Crippen molar-refractivity contribution in [2.24, 2.45) is 0 Å². The summed E-state index contributed by atoms with van der Waals surface area (Å²) in [5.74, 6) is -0.728. The maximum Gasteiger partial charge on any atom is 0.418 e. The van der Waals surface area contributed by atoms with Crippen molar-refractivity contribution in [3.8, 4) is 6.07 Å². The topological polar surface area (TPSA) is 81.6 Å². The van der Waals surface area contributed by atoms with Crippen molar-refractivity contribution in [1.82, 2.24) is 10.2 Å². The maximum atomic E-state index is 12.9. The highest BCUT2D eigenvalue weighted by Gasteiger charge is 2.34. The van der Waals surface area contributed by atoms with E-state index in [-0.39, 0.29) is 11.1 Å². The lowest BCUT2D eigenvalue weighted by Gasteiger charge is -2.13. The third kappa shape index (κ3) is 2.77. The molecular formula is C12H7F3N4O. The minimum atomic E-state index is -4.67. The van der Waals surface area contributed by atoms with Gasteiger partial charge in [-0.15, -0.1) is 0 Å². The van der Waals surface area contributed by atoms with Gasteiger partial charge in [0.1, 0.15) is 0 Å². The van der Waals surface area contributed by atoms with Crippen molar-refractivity contribution in [1.29, 1.82) is 5.26 Å². The molecule has 2 N–H and O–H groups in total. The molecule has 0 aliphatic rings. The summed E-state index contributed by atoms with van der Waals surface area (Å²) < 4.78 is 38.6. The van der Waals surface area contributed by atoms with Crippen LogP contribution in [0.15, 0.2) is 30.6 Å². The van der Waals surface area contributed by atoms with Crippen LogP contribution >= 0.6 is 0 Å². The monoisotopic (exact) mass is 280 g/mol. The highest BCUT2D eigenvalue weighted by molar-refractivity contribution is 6.04. The fourth-order valence-electron chi connectivity index (χ4n) is 1.53. The van der Waals surface area contributed by atoms with Crippen LogP contribution < -0.4 is 5.32 Å². The standard InChI is InChI=1S/C12H7F3N4O/c13-12(14,15)9-3-7(4-16)1-2-10(9)19-11(20)8-5-17-18-6-8/h1-3,5-6H,(H,17,18)(H,19,20). The van der Waals surface area contributed by atoms with Crippen LogP contribution in [0, 0.1) is 11.3 Å². The lowest BCUT2D eigenvalue weighted by molar-refractivity contribution is -0.136. The number of carbonyl (C=O) groups excluding carboxylic acids is 1. The summed E-state index contributed by atoms with van der Waals surface area (Å²) in [7, 11) is 0. The number of alkyl halides is 3. The van der Waals surface area contributed by atoms with Crippen molar-refractivity contribution in [2.45, 2.75) is 6.18 Å². The molecule has 0 saturated heterocycles. The van der Waals surface area contributed by atoms with Crippen LogP contribution in [0.25, 0.3) is 0 Å². The summed E-state index contributed by atoms with van der Waals surface area (Å²) in [6, 6.07) is 4.54. The third-order valence-electron chi connectivity index (χ3n) is 2.46. The summed E-state index contributed by atoms with van der Waals surface area (Å²) in [5, 5.41) is 16.7. The SMILES string of the molecule is N#Cc1ccc(NC(=O)c2cn[nH]c2)c(C(F)(F)F)c1. The van der Waals surface area contributed by atoms with Gasteiger partial charge in [0, 0.05) is 6.20 Å². The summed E-state index contributed by atoms with van der Waals surface area (Å²) in [4.78, 5) is 11.7. The Labute approximate surface area is 111 Å². The quantitative estimate of drug-likeness (QED) is 0.886. The Kier molecular flexibility index (Phi) is 3.43. The molecule has 0 saturated carbocycles. The fraction of sp³-hybridized carbons (Fsp3) is 0.0833. The number of amides is 1. The number of hydrogen-bond donors (Lipinski definition) is 2. The number of rotatable bonds is 2. The average Bonchev–Trinajstić information content (AvgIpc) is 2.91. The van der Waals surface area contributed by atoms with Gasteiger partial charge in [-0.2, -0.15) is 23.5 Å². The number of aromatic nitrogens is 2. The summed E-state index contributed by atoms with van der Waals surface area (Å²) in [5.41, 5.74) is -1.53. The predicted molar refractivity (Wildman–Crippen MR) is 62.7 cm³/mol. The largest absolute Gasteiger partial charge is 0.418 e. The first-order valence-electron chi connectivity index (χ1n) is 5.33. The summed E-state index contributed by atoms with van der Waals surface area (Å²) >= 11 is 0. The van der Waals surface area contributed by atoms with Crippen molar-refractivity contribution < 1.29 is 18.0 Å². The van der Waals surface area contributed by atoms with Gasteiger partial charge in [-0.25, -0.2) is 0 Å². The second kappa shape index (κ2) is 5.05. The number of nitrogens with one attached hydrogen (secondary N) is 2. The Morgan fingerprint density at radius 3 is 2.70 bits per heavy atom. The van der Waals surface area contributed by atoms with Crippen molar-refractivity contribution in [2.75, 3.05) is 5.32 Å². The number of nitrogens with zero attached hydrogens (tertiary/aromatic N) is 2. The average molecular weight is 280 g/mol. The Morgan fingerprint density at radius 2 is 2.15 bits per heavy atom. The number of hydrogen-bond acceptors (Lipinski definition) is 3. The molecular weight excluding hydrogens is 273 g/mol. The van der Waals surface area contributed by atoms with E-state index >= 15 is 0 Å². The Bertz CT molecular complexity index is 671. The highest BCUT2D eigenvalue weighted by Crippen LogP contribution is 2.35. The second-order valence-electron chi connectivity index (χ2n) is 3.81. The number of benzene rings is 1.